The van der Waals surface area contributed by atoms with Crippen LogP contribution < -0.4 is 15.4 Å². The molecular weight excluding hydrogens is 462 g/mol. The Kier molecular flexibility index (Phi) is 11.0. The molecule has 37 heavy (non-hydrogen) atoms. The van der Waals surface area contributed by atoms with Crippen LogP contribution in [0.2, 0.25) is 0 Å². The van der Waals surface area contributed by atoms with E-state index in [1.165, 1.54) is 0 Å². The standard InChI is InChI=1S/C31H45N3O3/c1-24-11-8-9-15-28(24)37-18-10-14-27-22-34(30(36)21-32-23-31(2,3)4)17-16-26(27)19-29(35)33-20-25-12-6-5-7-13-25/h5-9,11-13,15,26-27,32H,10,14,16-23H2,1-4H3,(H,33,35)/t26-,27-/m0/s1. The molecular formula is C31H45N3O3. The second-order valence-electron chi connectivity index (χ2n) is 11.5. The monoisotopic (exact) mass is 507 g/mol. The Morgan fingerprint density at radius 3 is 2.49 bits per heavy atom. The van der Waals surface area contributed by atoms with Gasteiger partial charge in [0.15, 0.2) is 0 Å². The van der Waals surface area contributed by atoms with Gasteiger partial charge in [0.1, 0.15) is 5.75 Å². The second-order valence-corrected chi connectivity index (χ2v) is 11.5. The number of benzene rings is 2. The van der Waals surface area contributed by atoms with Crippen molar-refractivity contribution in [3.05, 3.63) is 65.7 Å². The minimum absolute atomic E-state index is 0.0848. The number of carbonyl (C=O) groups excluding carboxylic acids is 2. The second kappa shape index (κ2) is 14.2. The average molecular weight is 508 g/mol. The number of aryl methyl sites for hydroxylation is 1. The number of nitrogens with one attached hydrogen (secondary N) is 2. The van der Waals surface area contributed by atoms with E-state index in [1.54, 1.807) is 0 Å². The van der Waals surface area contributed by atoms with Crippen molar-refractivity contribution in [3.8, 4) is 5.75 Å². The molecule has 2 aromatic rings. The largest absolute Gasteiger partial charge is 0.493 e. The third-order valence-corrected chi connectivity index (χ3v) is 7.03. The third-order valence-electron chi connectivity index (χ3n) is 7.03. The smallest absolute Gasteiger partial charge is 0.236 e. The molecule has 1 aliphatic heterocycles. The Labute approximate surface area is 223 Å². The molecule has 0 aromatic heterocycles. The van der Waals surface area contributed by atoms with Gasteiger partial charge in [-0.15, -0.1) is 0 Å². The maximum atomic E-state index is 12.9. The first-order chi connectivity index (χ1) is 17.7. The number of likely N-dealkylation sites (tertiary alicyclic amines) is 1. The van der Waals surface area contributed by atoms with Gasteiger partial charge in [0.05, 0.1) is 13.2 Å². The van der Waals surface area contributed by atoms with Crippen LogP contribution in [0.15, 0.2) is 54.6 Å². The SMILES string of the molecule is Cc1ccccc1OCCC[C@H]1CN(C(=O)CNCC(C)(C)C)CC[C@H]1CC(=O)NCc1ccccc1. The van der Waals surface area contributed by atoms with Crippen LogP contribution in [0.25, 0.3) is 0 Å². The summed E-state index contributed by atoms with van der Waals surface area (Å²) >= 11 is 0. The van der Waals surface area contributed by atoms with E-state index in [-0.39, 0.29) is 29.1 Å². The van der Waals surface area contributed by atoms with Crippen LogP contribution in [0, 0.1) is 24.2 Å². The predicted octanol–water partition coefficient (Wildman–Crippen LogP) is 4.96. The maximum absolute atomic E-state index is 12.9. The first-order valence-electron chi connectivity index (χ1n) is 13.7. The Morgan fingerprint density at radius 1 is 1.03 bits per heavy atom. The summed E-state index contributed by atoms with van der Waals surface area (Å²) < 4.78 is 6.02. The van der Waals surface area contributed by atoms with Gasteiger partial charge in [0, 0.05) is 32.6 Å². The first-order valence-corrected chi connectivity index (χ1v) is 13.7. The summed E-state index contributed by atoms with van der Waals surface area (Å²) in [6, 6.07) is 18.1. The summed E-state index contributed by atoms with van der Waals surface area (Å²) in [5, 5.41) is 6.40. The van der Waals surface area contributed by atoms with Crippen LogP contribution in [0.1, 0.15) is 57.6 Å². The van der Waals surface area contributed by atoms with Crippen molar-refractivity contribution in [1.82, 2.24) is 15.5 Å². The van der Waals surface area contributed by atoms with Crippen molar-refractivity contribution < 1.29 is 14.3 Å². The lowest BCUT2D eigenvalue weighted by Gasteiger charge is -2.39. The van der Waals surface area contributed by atoms with Crippen LogP contribution in [-0.4, -0.2) is 49.5 Å². The minimum Gasteiger partial charge on any atom is -0.493 e. The topological polar surface area (TPSA) is 70.7 Å². The van der Waals surface area contributed by atoms with Crippen molar-refractivity contribution in [2.24, 2.45) is 17.3 Å². The van der Waals surface area contributed by atoms with Gasteiger partial charge in [-0.05, 0) is 60.6 Å². The van der Waals surface area contributed by atoms with E-state index in [2.05, 4.69) is 44.4 Å². The summed E-state index contributed by atoms with van der Waals surface area (Å²) in [7, 11) is 0. The molecule has 1 heterocycles. The molecule has 0 aliphatic carbocycles. The zero-order valence-corrected chi connectivity index (χ0v) is 23.1. The highest BCUT2D eigenvalue weighted by Gasteiger charge is 2.32. The zero-order chi connectivity index (χ0) is 26.7. The normalized spacial score (nSPS) is 17.9. The number of nitrogens with zero attached hydrogens (tertiary/aromatic N) is 1. The van der Waals surface area contributed by atoms with E-state index < -0.39 is 0 Å². The number of carbonyl (C=O) groups is 2. The lowest BCUT2D eigenvalue weighted by molar-refractivity contribution is -0.133. The van der Waals surface area contributed by atoms with Gasteiger partial charge in [-0.1, -0.05) is 69.3 Å². The van der Waals surface area contributed by atoms with Crippen molar-refractivity contribution >= 4 is 11.8 Å². The Bertz CT molecular complexity index is 987. The highest BCUT2D eigenvalue weighted by atomic mass is 16.5. The van der Waals surface area contributed by atoms with Gasteiger partial charge in [-0.2, -0.15) is 0 Å². The Morgan fingerprint density at radius 2 is 1.76 bits per heavy atom. The van der Waals surface area contributed by atoms with Gasteiger partial charge in [-0.3, -0.25) is 9.59 Å². The quantitative estimate of drug-likeness (QED) is 0.399. The highest BCUT2D eigenvalue weighted by molar-refractivity contribution is 5.78. The molecule has 0 bridgehead atoms. The van der Waals surface area contributed by atoms with Crippen LogP contribution in [0.3, 0.4) is 0 Å². The number of piperidine rings is 1. The summed E-state index contributed by atoms with van der Waals surface area (Å²) in [5.41, 5.74) is 2.37. The lowest BCUT2D eigenvalue weighted by atomic mass is 9.80. The van der Waals surface area contributed by atoms with E-state index in [4.69, 9.17) is 4.74 Å². The van der Waals surface area contributed by atoms with Gasteiger partial charge in [0.2, 0.25) is 11.8 Å². The van der Waals surface area contributed by atoms with Crippen molar-refractivity contribution in [1.29, 1.82) is 0 Å². The van der Waals surface area contributed by atoms with Crippen LogP contribution in [0.4, 0.5) is 0 Å². The molecule has 3 rings (SSSR count). The van der Waals surface area contributed by atoms with E-state index >= 15 is 0 Å². The molecule has 2 aromatic carbocycles. The molecule has 6 nitrogen and oxygen atoms in total. The number of para-hydroxylation sites is 1. The number of hydrogen-bond acceptors (Lipinski definition) is 4. The van der Waals surface area contributed by atoms with E-state index in [0.29, 0.717) is 39.2 Å². The van der Waals surface area contributed by atoms with Crippen LogP contribution >= 0.6 is 0 Å². The molecule has 6 heteroatoms. The molecule has 2 amide bonds. The molecule has 1 fully saturated rings. The van der Waals surface area contributed by atoms with Gasteiger partial charge < -0.3 is 20.3 Å². The van der Waals surface area contributed by atoms with Gasteiger partial charge >= 0.3 is 0 Å². The lowest BCUT2D eigenvalue weighted by Crippen LogP contribution is -2.48. The number of rotatable bonds is 12. The van der Waals surface area contributed by atoms with Gasteiger partial charge in [0.25, 0.3) is 0 Å². The minimum atomic E-state index is 0.0848. The molecule has 1 saturated heterocycles. The number of hydrogen-bond donors (Lipinski definition) is 2. The van der Waals surface area contributed by atoms with Crippen LogP contribution in [0.5, 0.6) is 5.75 Å². The Balaban J connectivity index is 1.53. The van der Waals surface area contributed by atoms with E-state index in [0.717, 1.165) is 42.7 Å². The number of amides is 2. The fraction of sp³-hybridized carbons (Fsp3) is 0.548. The molecule has 1 aliphatic rings. The van der Waals surface area contributed by atoms with Crippen molar-refractivity contribution in [2.45, 2.75) is 59.9 Å². The predicted molar refractivity (Wildman–Crippen MR) is 149 cm³/mol. The summed E-state index contributed by atoms with van der Waals surface area (Å²) in [6.45, 7) is 12.3. The molecule has 0 radical (unpaired) electrons. The van der Waals surface area contributed by atoms with Gasteiger partial charge in [-0.25, -0.2) is 0 Å². The fourth-order valence-electron chi connectivity index (χ4n) is 4.91. The molecule has 2 N–H and O–H groups in total. The summed E-state index contributed by atoms with van der Waals surface area (Å²) in [4.78, 5) is 27.7. The number of ether oxygens (including phenoxy) is 1. The molecule has 0 saturated carbocycles. The molecule has 0 spiro atoms. The van der Waals surface area contributed by atoms with E-state index in [1.807, 2.05) is 53.4 Å². The first kappa shape index (κ1) is 28.7. The van der Waals surface area contributed by atoms with Crippen LogP contribution in [-0.2, 0) is 16.1 Å². The molecule has 202 valence electrons. The van der Waals surface area contributed by atoms with Crippen molar-refractivity contribution in [3.63, 3.8) is 0 Å². The maximum Gasteiger partial charge on any atom is 0.236 e. The summed E-state index contributed by atoms with van der Waals surface area (Å²) in [5.74, 6) is 1.70. The third kappa shape index (κ3) is 10.2. The Hall–Kier alpha value is -2.86. The fourth-order valence-corrected chi connectivity index (χ4v) is 4.91. The summed E-state index contributed by atoms with van der Waals surface area (Å²) in [6.07, 6.45) is 3.18. The highest BCUT2D eigenvalue weighted by Crippen LogP contribution is 2.30. The average Bonchev–Trinajstić information content (AvgIpc) is 2.87. The van der Waals surface area contributed by atoms with Crippen molar-refractivity contribution in [2.75, 3.05) is 32.8 Å². The zero-order valence-electron chi connectivity index (χ0n) is 23.1. The molecule has 0 unspecified atom stereocenters. The van der Waals surface area contributed by atoms with E-state index in [9.17, 15) is 9.59 Å². The molecule has 2 atom stereocenters.